The summed E-state index contributed by atoms with van der Waals surface area (Å²) >= 11 is 0. The molecule has 110 valence electrons. The normalized spacial score (nSPS) is 10.2. The number of hydrazine groups is 1. The van der Waals surface area contributed by atoms with Crippen molar-refractivity contribution in [1.82, 2.24) is 15.4 Å². The van der Waals surface area contributed by atoms with Crippen molar-refractivity contribution in [2.75, 3.05) is 16.5 Å². The van der Waals surface area contributed by atoms with Gasteiger partial charge in [-0.3, -0.25) is 15.6 Å². The van der Waals surface area contributed by atoms with Gasteiger partial charge >= 0.3 is 0 Å². The van der Waals surface area contributed by atoms with Crippen molar-refractivity contribution in [3.63, 3.8) is 0 Å². The van der Waals surface area contributed by atoms with Gasteiger partial charge in [-0.05, 0) is 26.0 Å². The first-order valence-corrected chi connectivity index (χ1v) is 6.56. The van der Waals surface area contributed by atoms with Gasteiger partial charge < -0.3 is 11.1 Å². The van der Waals surface area contributed by atoms with Crippen LogP contribution in [0.15, 0.2) is 36.7 Å². The number of benzene rings is 1. The molecule has 0 saturated carbocycles. The Morgan fingerprint density at radius 2 is 1.81 bits per heavy atom. The van der Waals surface area contributed by atoms with Crippen LogP contribution in [0.25, 0.3) is 0 Å². The second-order valence-electron chi connectivity index (χ2n) is 4.73. The van der Waals surface area contributed by atoms with Gasteiger partial charge in [0.25, 0.3) is 5.91 Å². The highest BCUT2D eigenvalue weighted by Gasteiger charge is 2.10. The number of nitrogens with two attached hydrogens (primary N) is 1. The molecule has 2 rings (SSSR count). The largest absolute Gasteiger partial charge is 0.393 e. The number of hydrogen-bond acceptors (Lipinski definition) is 6. The van der Waals surface area contributed by atoms with Gasteiger partial charge in [0.2, 0.25) is 0 Å². The molecule has 0 unspecified atom stereocenters. The molecule has 1 aromatic carbocycles. The molecule has 0 aliphatic rings. The molecule has 7 heteroatoms. The van der Waals surface area contributed by atoms with Crippen molar-refractivity contribution in [2.45, 2.75) is 19.9 Å². The molecule has 0 bridgehead atoms. The number of aromatic nitrogens is 2. The Labute approximate surface area is 123 Å². The fourth-order valence-corrected chi connectivity index (χ4v) is 1.66. The first kappa shape index (κ1) is 14.6. The van der Waals surface area contributed by atoms with E-state index in [1.165, 1.54) is 6.33 Å². The van der Waals surface area contributed by atoms with Gasteiger partial charge in [0.1, 0.15) is 12.0 Å². The maximum absolute atomic E-state index is 11.9. The zero-order valence-electron chi connectivity index (χ0n) is 11.9. The van der Waals surface area contributed by atoms with Gasteiger partial charge in [0.05, 0.1) is 0 Å². The molecule has 0 radical (unpaired) electrons. The predicted molar refractivity (Wildman–Crippen MR) is 82.7 cm³/mol. The van der Waals surface area contributed by atoms with Gasteiger partial charge in [0.15, 0.2) is 11.6 Å². The smallest absolute Gasteiger partial charge is 0.269 e. The number of carbonyl (C=O) groups excluding carboxylic acids is 1. The van der Waals surface area contributed by atoms with E-state index < -0.39 is 0 Å². The first-order valence-electron chi connectivity index (χ1n) is 6.56. The van der Waals surface area contributed by atoms with Crippen LogP contribution >= 0.6 is 0 Å². The molecule has 1 amide bonds. The zero-order chi connectivity index (χ0) is 15.2. The van der Waals surface area contributed by atoms with Gasteiger partial charge in [-0.25, -0.2) is 9.97 Å². The fraction of sp³-hybridized carbons (Fsp3) is 0.214. The van der Waals surface area contributed by atoms with Crippen molar-refractivity contribution in [3.05, 3.63) is 42.2 Å². The Hall–Kier alpha value is -2.83. The molecule has 2 aromatic rings. The summed E-state index contributed by atoms with van der Waals surface area (Å²) in [7, 11) is 0. The van der Waals surface area contributed by atoms with Crippen molar-refractivity contribution >= 4 is 23.2 Å². The Bertz CT molecular complexity index is 614. The molecule has 0 atom stereocenters. The van der Waals surface area contributed by atoms with Crippen LogP contribution in [0.5, 0.6) is 0 Å². The third-order valence-corrected chi connectivity index (χ3v) is 2.64. The Kier molecular flexibility index (Phi) is 4.55. The lowest BCUT2D eigenvalue weighted by molar-refractivity contribution is 0.0962. The van der Waals surface area contributed by atoms with Crippen LogP contribution in [-0.4, -0.2) is 21.9 Å². The van der Waals surface area contributed by atoms with E-state index in [0.717, 1.165) is 0 Å². The van der Waals surface area contributed by atoms with Gasteiger partial charge in [0, 0.05) is 11.6 Å². The van der Waals surface area contributed by atoms with E-state index >= 15 is 0 Å². The molecule has 0 aliphatic heterocycles. The van der Waals surface area contributed by atoms with Crippen LogP contribution in [0, 0.1) is 0 Å². The minimum Gasteiger partial charge on any atom is -0.393 e. The van der Waals surface area contributed by atoms with Gasteiger partial charge in [-0.2, -0.15) is 0 Å². The molecule has 7 nitrogen and oxygen atoms in total. The summed E-state index contributed by atoms with van der Waals surface area (Å²) in [6.07, 6.45) is 1.37. The molecule has 5 N–H and O–H groups in total. The van der Waals surface area contributed by atoms with Crippen LogP contribution in [0.3, 0.4) is 0 Å². The number of anilines is 3. The number of rotatable bonds is 5. The maximum Gasteiger partial charge on any atom is 0.269 e. The maximum atomic E-state index is 11.9. The average Bonchev–Trinajstić information content (AvgIpc) is 2.48. The van der Waals surface area contributed by atoms with E-state index in [2.05, 4.69) is 26.1 Å². The molecule has 0 saturated heterocycles. The third kappa shape index (κ3) is 3.82. The topological polar surface area (TPSA) is 105 Å². The SMILES string of the molecule is CC(C)Nc1ncnc(NNC(=O)c2ccccc2)c1N. The van der Waals surface area contributed by atoms with Gasteiger partial charge in [-0.1, -0.05) is 18.2 Å². The fourth-order valence-electron chi connectivity index (χ4n) is 1.66. The van der Waals surface area contributed by atoms with Crippen LogP contribution < -0.4 is 21.9 Å². The molecule has 21 heavy (non-hydrogen) atoms. The summed E-state index contributed by atoms with van der Waals surface area (Å²) in [6, 6.07) is 9.04. The highest BCUT2D eigenvalue weighted by atomic mass is 16.2. The molecule has 0 fully saturated rings. The summed E-state index contributed by atoms with van der Waals surface area (Å²) < 4.78 is 0. The minimum absolute atomic E-state index is 0.189. The lowest BCUT2D eigenvalue weighted by atomic mass is 10.2. The molecular formula is C14H18N6O. The number of nitrogens with one attached hydrogen (secondary N) is 3. The quantitative estimate of drug-likeness (QED) is 0.623. The average molecular weight is 286 g/mol. The molecule has 1 aromatic heterocycles. The Morgan fingerprint density at radius 1 is 1.14 bits per heavy atom. The van der Waals surface area contributed by atoms with Gasteiger partial charge in [-0.15, -0.1) is 0 Å². The van der Waals surface area contributed by atoms with Crippen molar-refractivity contribution in [2.24, 2.45) is 0 Å². The van der Waals surface area contributed by atoms with E-state index in [0.29, 0.717) is 22.9 Å². The standard InChI is InChI=1S/C14H18N6O/c1-9(2)18-12-11(15)13(17-8-16-12)19-20-14(21)10-6-4-3-5-7-10/h3-9H,15H2,1-2H3,(H,20,21)(H2,16,17,18,19). The van der Waals surface area contributed by atoms with E-state index in [-0.39, 0.29) is 11.9 Å². The van der Waals surface area contributed by atoms with Crippen LogP contribution in [0.2, 0.25) is 0 Å². The van der Waals surface area contributed by atoms with Crippen LogP contribution in [-0.2, 0) is 0 Å². The third-order valence-electron chi connectivity index (χ3n) is 2.64. The lowest BCUT2D eigenvalue weighted by Crippen LogP contribution is -2.30. The number of nitrogens with zero attached hydrogens (tertiary/aromatic N) is 2. The van der Waals surface area contributed by atoms with E-state index in [1.54, 1.807) is 24.3 Å². The minimum atomic E-state index is -0.271. The zero-order valence-corrected chi connectivity index (χ0v) is 11.9. The number of amides is 1. The molecule has 0 spiro atoms. The summed E-state index contributed by atoms with van der Waals surface area (Å²) in [4.78, 5) is 20.0. The number of hydrogen-bond donors (Lipinski definition) is 4. The van der Waals surface area contributed by atoms with Crippen molar-refractivity contribution < 1.29 is 4.79 Å². The number of carbonyl (C=O) groups is 1. The number of nitrogen functional groups attached to an aromatic ring is 1. The van der Waals surface area contributed by atoms with Crippen LogP contribution in [0.4, 0.5) is 17.3 Å². The highest BCUT2D eigenvalue weighted by molar-refractivity contribution is 5.95. The summed E-state index contributed by atoms with van der Waals surface area (Å²) in [5, 5.41) is 3.10. The monoisotopic (exact) mass is 286 g/mol. The lowest BCUT2D eigenvalue weighted by Gasteiger charge is -2.14. The van der Waals surface area contributed by atoms with E-state index in [9.17, 15) is 4.79 Å². The second kappa shape index (κ2) is 6.56. The first-order chi connectivity index (χ1) is 10.1. The van der Waals surface area contributed by atoms with Crippen LogP contribution in [0.1, 0.15) is 24.2 Å². The van der Waals surface area contributed by atoms with Crippen molar-refractivity contribution in [1.29, 1.82) is 0 Å². The summed E-state index contributed by atoms with van der Waals surface area (Å²) in [5.41, 5.74) is 12.1. The Morgan fingerprint density at radius 3 is 2.48 bits per heavy atom. The van der Waals surface area contributed by atoms with E-state index in [1.807, 2.05) is 19.9 Å². The summed E-state index contributed by atoms with van der Waals surface area (Å²) in [5.74, 6) is 0.598. The molecule has 0 aliphatic carbocycles. The predicted octanol–water partition coefficient (Wildman–Crippen LogP) is 1.64. The van der Waals surface area contributed by atoms with E-state index in [4.69, 9.17) is 5.73 Å². The second-order valence-corrected chi connectivity index (χ2v) is 4.73. The Balaban J connectivity index is 2.05. The molecule has 1 heterocycles. The summed E-state index contributed by atoms with van der Waals surface area (Å²) in [6.45, 7) is 3.96. The highest BCUT2D eigenvalue weighted by Crippen LogP contribution is 2.22. The molecular weight excluding hydrogens is 268 g/mol. The van der Waals surface area contributed by atoms with Crippen molar-refractivity contribution in [3.8, 4) is 0 Å².